The molecular formula is C23H18F2N4O2. The minimum atomic E-state index is -0.954. The molecular weight excluding hydrogens is 402 g/mol. The minimum Gasteiger partial charge on any atom is -0.497 e. The minimum absolute atomic E-state index is 0.0963. The van der Waals surface area contributed by atoms with Gasteiger partial charge in [0.15, 0.2) is 11.6 Å². The lowest BCUT2D eigenvalue weighted by Gasteiger charge is -2.21. The van der Waals surface area contributed by atoms with E-state index in [4.69, 9.17) is 4.74 Å². The molecule has 1 atom stereocenters. The Labute approximate surface area is 176 Å². The van der Waals surface area contributed by atoms with Crippen LogP contribution in [0.4, 0.5) is 8.78 Å². The van der Waals surface area contributed by atoms with Crippen LogP contribution < -0.4 is 4.74 Å². The van der Waals surface area contributed by atoms with E-state index in [1.165, 1.54) is 6.33 Å². The molecule has 0 N–H and O–H groups in total. The Balaban J connectivity index is 1.48. The predicted molar refractivity (Wildman–Crippen MR) is 110 cm³/mol. The zero-order valence-corrected chi connectivity index (χ0v) is 16.8. The number of aromatic nitrogens is 3. The maximum Gasteiger partial charge on any atom is 0.256 e. The van der Waals surface area contributed by atoms with Crippen LogP contribution in [0.25, 0.3) is 16.9 Å². The Bertz CT molecular complexity index is 1320. The second kappa shape index (κ2) is 7.16. The van der Waals surface area contributed by atoms with Gasteiger partial charge in [0.25, 0.3) is 5.91 Å². The van der Waals surface area contributed by atoms with Gasteiger partial charge in [0.05, 0.1) is 35.4 Å². The number of methoxy groups -OCH3 is 1. The molecule has 31 heavy (non-hydrogen) atoms. The maximum absolute atomic E-state index is 13.8. The van der Waals surface area contributed by atoms with E-state index < -0.39 is 11.6 Å². The van der Waals surface area contributed by atoms with Crippen LogP contribution in [0.1, 0.15) is 34.6 Å². The number of halogens is 2. The third-order valence-corrected chi connectivity index (χ3v) is 5.61. The van der Waals surface area contributed by atoms with Gasteiger partial charge in [-0.2, -0.15) is 0 Å². The lowest BCUT2D eigenvalue weighted by molar-refractivity contribution is 0.0722. The lowest BCUT2D eigenvalue weighted by atomic mass is 10.1. The first-order valence-electron chi connectivity index (χ1n) is 9.73. The molecule has 2 aromatic heterocycles. The van der Waals surface area contributed by atoms with E-state index in [-0.39, 0.29) is 11.9 Å². The largest absolute Gasteiger partial charge is 0.497 e. The molecule has 1 unspecified atom stereocenters. The van der Waals surface area contributed by atoms with Crippen molar-refractivity contribution in [2.24, 2.45) is 0 Å². The molecule has 3 heterocycles. The summed E-state index contributed by atoms with van der Waals surface area (Å²) in [6.45, 7) is 2.36. The van der Waals surface area contributed by atoms with E-state index in [0.29, 0.717) is 34.7 Å². The van der Waals surface area contributed by atoms with Crippen molar-refractivity contribution in [2.45, 2.75) is 19.5 Å². The van der Waals surface area contributed by atoms with Gasteiger partial charge in [0.1, 0.15) is 17.9 Å². The van der Waals surface area contributed by atoms with Crippen molar-refractivity contribution in [3.05, 3.63) is 83.3 Å². The van der Waals surface area contributed by atoms with Crippen molar-refractivity contribution in [3.8, 4) is 11.6 Å². The van der Waals surface area contributed by atoms with Crippen molar-refractivity contribution in [2.75, 3.05) is 7.11 Å². The first kappa shape index (κ1) is 19.2. The molecule has 0 spiro atoms. The molecule has 0 saturated heterocycles. The Kier molecular flexibility index (Phi) is 4.43. The van der Waals surface area contributed by atoms with Crippen LogP contribution in [0, 0.1) is 11.6 Å². The van der Waals surface area contributed by atoms with Gasteiger partial charge in [0.2, 0.25) is 0 Å². The third kappa shape index (κ3) is 3.11. The van der Waals surface area contributed by atoms with Gasteiger partial charge >= 0.3 is 0 Å². The number of fused-ring (bicyclic) bond motifs is 2. The number of benzene rings is 2. The second-order valence-electron chi connectivity index (χ2n) is 7.43. The highest BCUT2D eigenvalue weighted by atomic mass is 19.2. The van der Waals surface area contributed by atoms with Crippen LogP contribution >= 0.6 is 0 Å². The summed E-state index contributed by atoms with van der Waals surface area (Å²) < 4.78 is 34.0. The van der Waals surface area contributed by atoms with Crippen LogP contribution in [-0.2, 0) is 6.54 Å². The van der Waals surface area contributed by atoms with Gasteiger partial charge in [-0.15, -0.1) is 0 Å². The van der Waals surface area contributed by atoms with Crippen molar-refractivity contribution < 1.29 is 18.3 Å². The molecule has 0 bridgehead atoms. The van der Waals surface area contributed by atoms with Crippen LogP contribution in [0.3, 0.4) is 0 Å². The van der Waals surface area contributed by atoms with E-state index in [2.05, 4.69) is 9.97 Å². The standard InChI is InChI=1S/C23H18F2N4O2/c1-13-22-16(23(30)28(13)11-14-3-5-15(31-2)6-4-14)7-8-21(27-22)29-12-26-19-9-17(24)18(25)10-20(19)29/h3-10,12-13H,11H2,1-2H3. The Morgan fingerprint density at radius 2 is 1.81 bits per heavy atom. The maximum atomic E-state index is 13.8. The van der Waals surface area contributed by atoms with Gasteiger partial charge in [-0.1, -0.05) is 12.1 Å². The summed E-state index contributed by atoms with van der Waals surface area (Å²) in [5.74, 6) is -0.764. The fraction of sp³-hybridized carbons (Fsp3) is 0.174. The number of ether oxygens (including phenoxy) is 1. The highest BCUT2D eigenvalue weighted by Gasteiger charge is 2.35. The van der Waals surface area contributed by atoms with Crippen molar-refractivity contribution in [3.63, 3.8) is 0 Å². The van der Waals surface area contributed by atoms with E-state index in [1.807, 2.05) is 31.2 Å². The van der Waals surface area contributed by atoms with Gasteiger partial charge in [-0.05, 0) is 36.8 Å². The zero-order chi connectivity index (χ0) is 21.7. The molecule has 4 aromatic rings. The lowest BCUT2D eigenvalue weighted by Crippen LogP contribution is -2.26. The average Bonchev–Trinajstić information content (AvgIpc) is 3.28. The number of hydrogen-bond acceptors (Lipinski definition) is 4. The van der Waals surface area contributed by atoms with Gasteiger partial charge in [-0.25, -0.2) is 18.7 Å². The quantitative estimate of drug-likeness (QED) is 0.490. The first-order chi connectivity index (χ1) is 15.0. The van der Waals surface area contributed by atoms with Crippen molar-refractivity contribution >= 4 is 16.9 Å². The number of hydrogen-bond donors (Lipinski definition) is 0. The van der Waals surface area contributed by atoms with Crippen LogP contribution in [0.2, 0.25) is 0 Å². The molecule has 156 valence electrons. The Morgan fingerprint density at radius 3 is 2.55 bits per heavy atom. The predicted octanol–water partition coefficient (Wildman–Crippen LogP) is 4.42. The second-order valence-corrected chi connectivity index (χ2v) is 7.43. The molecule has 0 radical (unpaired) electrons. The summed E-state index contributed by atoms with van der Waals surface area (Å²) in [5.41, 5.74) is 2.88. The molecule has 2 aromatic carbocycles. The zero-order valence-electron chi connectivity index (χ0n) is 16.8. The van der Waals surface area contributed by atoms with Crippen LogP contribution in [0.15, 0.2) is 54.9 Å². The fourth-order valence-electron chi connectivity index (χ4n) is 3.90. The monoisotopic (exact) mass is 420 g/mol. The summed E-state index contributed by atoms with van der Waals surface area (Å²) in [4.78, 5) is 23.5. The highest BCUT2D eigenvalue weighted by molar-refractivity contribution is 5.98. The summed E-state index contributed by atoms with van der Waals surface area (Å²) >= 11 is 0. The molecule has 1 aliphatic rings. The van der Waals surface area contributed by atoms with E-state index >= 15 is 0 Å². The van der Waals surface area contributed by atoms with Crippen molar-refractivity contribution in [1.82, 2.24) is 19.4 Å². The number of rotatable bonds is 4. The number of carbonyl (C=O) groups is 1. The average molecular weight is 420 g/mol. The van der Waals surface area contributed by atoms with Gasteiger partial charge < -0.3 is 9.64 Å². The van der Waals surface area contributed by atoms with Crippen LogP contribution in [-0.4, -0.2) is 32.5 Å². The van der Waals surface area contributed by atoms with E-state index in [0.717, 1.165) is 23.4 Å². The Hall–Kier alpha value is -3.81. The number of pyridine rings is 1. The van der Waals surface area contributed by atoms with Gasteiger partial charge in [0, 0.05) is 18.7 Å². The summed E-state index contributed by atoms with van der Waals surface area (Å²) in [6, 6.07) is 12.9. The first-order valence-corrected chi connectivity index (χ1v) is 9.73. The molecule has 8 heteroatoms. The topological polar surface area (TPSA) is 60.2 Å². The van der Waals surface area contributed by atoms with Crippen LogP contribution in [0.5, 0.6) is 5.75 Å². The highest BCUT2D eigenvalue weighted by Crippen LogP contribution is 2.34. The SMILES string of the molecule is COc1ccc(CN2C(=O)c3ccc(-n4cnc5cc(F)c(F)cc54)nc3C2C)cc1. The molecule has 6 nitrogen and oxygen atoms in total. The summed E-state index contributed by atoms with van der Waals surface area (Å²) in [6.07, 6.45) is 1.47. The number of imidazole rings is 1. The molecule has 5 rings (SSSR count). The summed E-state index contributed by atoms with van der Waals surface area (Å²) in [7, 11) is 1.61. The third-order valence-electron chi connectivity index (χ3n) is 5.61. The van der Waals surface area contributed by atoms with Crippen molar-refractivity contribution in [1.29, 1.82) is 0 Å². The molecule has 0 fully saturated rings. The number of nitrogens with zero attached hydrogens (tertiary/aromatic N) is 4. The van der Waals surface area contributed by atoms with E-state index in [1.54, 1.807) is 28.7 Å². The van der Waals surface area contributed by atoms with Gasteiger partial charge in [-0.3, -0.25) is 9.36 Å². The molecule has 1 amide bonds. The number of carbonyl (C=O) groups excluding carboxylic acids is 1. The molecule has 1 aliphatic heterocycles. The Morgan fingerprint density at radius 1 is 1.06 bits per heavy atom. The fourth-order valence-corrected chi connectivity index (χ4v) is 3.90. The molecule has 0 saturated carbocycles. The number of amides is 1. The smallest absolute Gasteiger partial charge is 0.256 e. The summed E-state index contributed by atoms with van der Waals surface area (Å²) in [5, 5.41) is 0. The molecule has 0 aliphatic carbocycles. The van der Waals surface area contributed by atoms with E-state index in [9.17, 15) is 13.6 Å². The normalized spacial score (nSPS) is 15.5.